The van der Waals surface area contributed by atoms with E-state index in [2.05, 4.69) is 4.98 Å². The van der Waals surface area contributed by atoms with E-state index in [-0.39, 0.29) is 5.56 Å². The van der Waals surface area contributed by atoms with Crippen molar-refractivity contribution in [2.75, 3.05) is 13.2 Å². The zero-order chi connectivity index (χ0) is 21.2. The van der Waals surface area contributed by atoms with E-state index in [4.69, 9.17) is 4.74 Å². The monoisotopic (exact) mass is 426 g/mol. The van der Waals surface area contributed by atoms with Gasteiger partial charge in [-0.3, -0.25) is 9.59 Å². The molecule has 1 aromatic heterocycles. The number of hydrogen-bond acceptors (Lipinski definition) is 5. The Morgan fingerprint density at radius 2 is 1.76 bits per heavy atom. The van der Waals surface area contributed by atoms with Gasteiger partial charge in [0.25, 0.3) is 0 Å². The van der Waals surface area contributed by atoms with Crippen LogP contribution in [0.1, 0.15) is 10.4 Å². The quantitative estimate of drug-likeness (QED) is 0.343. The maximum absolute atomic E-state index is 13.6. The van der Waals surface area contributed by atoms with Gasteiger partial charge in [0.15, 0.2) is 24.1 Å². The number of aromatic nitrogens is 1. The minimum atomic E-state index is -4.66. The molecular weight excluding hydrogens is 413 g/mol. The Kier molecular flexibility index (Phi) is 5.71. The number of para-hydroxylation sites is 1. The first-order valence-electron chi connectivity index (χ1n) is 8.09. The number of benzene rings is 2. The number of hydrogen-bond donors (Lipinski definition) is 2. The molecule has 0 aliphatic rings. The lowest BCUT2D eigenvalue weighted by Crippen LogP contribution is -2.32. The Morgan fingerprint density at radius 1 is 1.03 bits per heavy atom. The molecule has 7 nitrogen and oxygen atoms in total. The van der Waals surface area contributed by atoms with Gasteiger partial charge in [-0.25, -0.2) is 21.6 Å². The Bertz CT molecular complexity index is 1210. The zero-order valence-corrected chi connectivity index (χ0v) is 15.4. The van der Waals surface area contributed by atoms with Gasteiger partial charge in [0, 0.05) is 22.7 Å². The molecule has 0 amide bonds. The largest absolute Gasteiger partial charge is 0.456 e. The molecule has 0 radical (unpaired) electrons. The second-order valence-corrected chi connectivity index (χ2v) is 7.57. The molecule has 2 N–H and O–H groups in total. The molecule has 0 aliphatic carbocycles. The van der Waals surface area contributed by atoms with Gasteiger partial charge in [-0.1, -0.05) is 18.2 Å². The van der Waals surface area contributed by atoms with Crippen molar-refractivity contribution in [3.05, 3.63) is 65.6 Å². The summed E-state index contributed by atoms with van der Waals surface area (Å²) < 4.78 is 70.1. The fourth-order valence-electron chi connectivity index (χ4n) is 2.52. The number of ketones is 1. The summed E-state index contributed by atoms with van der Waals surface area (Å²) in [6.45, 7) is -1.59. The van der Waals surface area contributed by atoms with Crippen molar-refractivity contribution >= 4 is 32.7 Å². The van der Waals surface area contributed by atoms with Crippen LogP contribution in [0.2, 0.25) is 0 Å². The lowest BCUT2D eigenvalue weighted by molar-refractivity contribution is -0.141. The molecule has 0 fully saturated rings. The first kappa shape index (κ1) is 20.6. The highest BCUT2D eigenvalue weighted by Crippen LogP contribution is 2.20. The van der Waals surface area contributed by atoms with E-state index in [0.717, 1.165) is 0 Å². The van der Waals surface area contributed by atoms with E-state index >= 15 is 0 Å². The number of halogens is 3. The Hall–Kier alpha value is -3.18. The first-order valence-corrected chi connectivity index (χ1v) is 9.57. The Morgan fingerprint density at radius 3 is 2.52 bits per heavy atom. The van der Waals surface area contributed by atoms with Crippen molar-refractivity contribution in [1.29, 1.82) is 0 Å². The van der Waals surface area contributed by atoms with E-state index in [1.54, 1.807) is 29.0 Å². The number of H-pyrrole nitrogens is 1. The minimum Gasteiger partial charge on any atom is -0.456 e. The molecule has 0 bridgehead atoms. The van der Waals surface area contributed by atoms with Crippen LogP contribution in [-0.4, -0.2) is 38.3 Å². The standard InChI is InChI=1S/C18H13F3N2O5S/c19-12-5-6-15(18(21)17(12)20)29(26,27)23-8-16(25)28-9-14(24)11-7-22-13-4-2-1-3-10(11)13/h1-7,22-23H,8-9H2. The molecule has 3 rings (SSSR count). The van der Waals surface area contributed by atoms with Gasteiger partial charge in [-0.2, -0.15) is 4.72 Å². The third-order valence-electron chi connectivity index (χ3n) is 3.95. The first-order chi connectivity index (χ1) is 13.7. The summed E-state index contributed by atoms with van der Waals surface area (Å²) in [7, 11) is -4.66. The normalized spacial score (nSPS) is 11.6. The van der Waals surface area contributed by atoms with Gasteiger partial charge in [-0.15, -0.1) is 0 Å². The number of aromatic amines is 1. The van der Waals surface area contributed by atoms with Crippen LogP contribution in [0.25, 0.3) is 10.9 Å². The summed E-state index contributed by atoms with van der Waals surface area (Å²) in [6.07, 6.45) is 1.45. The van der Waals surface area contributed by atoms with Crippen LogP contribution in [0.5, 0.6) is 0 Å². The third-order valence-corrected chi connectivity index (χ3v) is 5.37. The Balaban J connectivity index is 1.60. The number of rotatable bonds is 7. The Labute approximate surface area is 162 Å². The molecule has 0 unspecified atom stereocenters. The number of nitrogens with one attached hydrogen (secondary N) is 2. The average Bonchev–Trinajstić information content (AvgIpc) is 3.13. The number of carbonyl (C=O) groups excluding carboxylic acids is 2. The predicted molar refractivity (Wildman–Crippen MR) is 95.1 cm³/mol. The maximum atomic E-state index is 13.6. The molecule has 0 atom stereocenters. The molecule has 0 saturated heterocycles. The molecule has 29 heavy (non-hydrogen) atoms. The van der Waals surface area contributed by atoms with Gasteiger partial charge in [0.1, 0.15) is 11.4 Å². The zero-order valence-electron chi connectivity index (χ0n) is 14.5. The van der Waals surface area contributed by atoms with Crippen LogP contribution < -0.4 is 4.72 Å². The predicted octanol–water partition coefficient (Wildman–Crippen LogP) is 2.29. The summed E-state index contributed by atoms with van der Waals surface area (Å²) in [5.74, 6) is -7.08. The van der Waals surface area contributed by atoms with Crippen molar-refractivity contribution in [3.63, 3.8) is 0 Å². The van der Waals surface area contributed by atoms with Crippen LogP contribution in [0.15, 0.2) is 47.5 Å². The SMILES string of the molecule is O=C(CNS(=O)(=O)c1ccc(F)c(F)c1F)OCC(=O)c1c[nH]c2ccccc12. The fourth-order valence-corrected chi connectivity index (χ4v) is 3.56. The number of ether oxygens (including phenoxy) is 1. The summed E-state index contributed by atoms with van der Waals surface area (Å²) in [4.78, 5) is 25.6. The van der Waals surface area contributed by atoms with Gasteiger partial charge in [0.2, 0.25) is 15.8 Å². The molecular formula is C18H13F3N2O5S. The molecule has 0 saturated carbocycles. The average molecular weight is 426 g/mol. The van der Waals surface area contributed by atoms with Crippen molar-refractivity contribution in [1.82, 2.24) is 9.71 Å². The number of esters is 1. The smallest absolute Gasteiger partial charge is 0.321 e. The number of carbonyl (C=O) groups is 2. The summed E-state index contributed by atoms with van der Waals surface area (Å²) in [6, 6.07) is 7.91. The molecule has 2 aromatic carbocycles. The molecule has 0 aliphatic heterocycles. The molecule has 152 valence electrons. The molecule has 1 heterocycles. The lowest BCUT2D eigenvalue weighted by atomic mass is 10.1. The van der Waals surface area contributed by atoms with Crippen molar-refractivity contribution < 1.29 is 35.9 Å². The lowest BCUT2D eigenvalue weighted by Gasteiger charge is -2.08. The van der Waals surface area contributed by atoms with Crippen LogP contribution in [0.3, 0.4) is 0 Å². The van der Waals surface area contributed by atoms with Crippen LogP contribution in [0.4, 0.5) is 13.2 Å². The van der Waals surface area contributed by atoms with E-state index in [1.807, 2.05) is 0 Å². The number of sulfonamides is 1. The van der Waals surface area contributed by atoms with Gasteiger partial charge < -0.3 is 9.72 Å². The molecule has 3 aromatic rings. The highest BCUT2D eigenvalue weighted by Gasteiger charge is 2.25. The second kappa shape index (κ2) is 8.05. The number of fused-ring (bicyclic) bond motifs is 1. The highest BCUT2D eigenvalue weighted by molar-refractivity contribution is 7.89. The van der Waals surface area contributed by atoms with Gasteiger partial charge in [0.05, 0.1) is 0 Å². The third kappa shape index (κ3) is 4.30. The van der Waals surface area contributed by atoms with Crippen molar-refractivity contribution in [2.45, 2.75) is 4.90 Å². The van der Waals surface area contributed by atoms with Gasteiger partial charge in [-0.05, 0) is 18.2 Å². The highest BCUT2D eigenvalue weighted by atomic mass is 32.2. The van der Waals surface area contributed by atoms with E-state index in [0.29, 0.717) is 23.0 Å². The van der Waals surface area contributed by atoms with Gasteiger partial charge >= 0.3 is 5.97 Å². The fraction of sp³-hybridized carbons (Fsp3) is 0.111. The van der Waals surface area contributed by atoms with E-state index in [1.165, 1.54) is 6.20 Å². The van der Waals surface area contributed by atoms with Crippen molar-refractivity contribution in [2.24, 2.45) is 0 Å². The summed E-state index contributed by atoms with van der Waals surface area (Å²) >= 11 is 0. The second-order valence-electron chi connectivity index (χ2n) is 5.83. The topological polar surface area (TPSA) is 105 Å². The van der Waals surface area contributed by atoms with Crippen LogP contribution in [0, 0.1) is 17.5 Å². The van der Waals surface area contributed by atoms with Crippen LogP contribution in [-0.2, 0) is 19.6 Å². The molecule has 0 spiro atoms. The van der Waals surface area contributed by atoms with Crippen molar-refractivity contribution in [3.8, 4) is 0 Å². The van der Waals surface area contributed by atoms with E-state index in [9.17, 15) is 31.2 Å². The summed E-state index contributed by atoms with van der Waals surface area (Å²) in [5, 5.41) is 0.628. The summed E-state index contributed by atoms with van der Waals surface area (Å²) in [5.41, 5.74) is 1.00. The van der Waals surface area contributed by atoms with Crippen LogP contribution >= 0.6 is 0 Å². The minimum absolute atomic E-state index is 0.290. The maximum Gasteiger partial charge on any atom is 0.321 e. The number of Topliss-reactive ketones (excluding diaryl/α,β-unsaturated/α-hetero) is 1. The molecule has 11 heteroatoms. The van der Waals surface area contributed by atoms with E-state index < -0.39 is 57.3 Å².